The van der Waals surface area contributed by atoms with Gasteiger partial charge in [0.25, 0.3) is 0 Å². The second-order valence-corrected chi connectivity index (χ2v) is 6.47. The number of carbonyl (C=O) groups excluding carboxylic acids is 1. The number of nitrogens with one attached hydrogen (secondary N) is 1. The summed E-state index contributed by atoms with van der Waals surface area (Å²) >= 11 is 4.46. The van der Waals surface area contributed by atoms with Crippen LogP contribution < -0.4 is 5.32 Å². The van der Waals surface area contributed by atoms with Crippen molar-refractivity contribution in [3.05, 3.63) is 64.0 Å². The minimum absolute atomic E-state index is 0.153. The fraction of sp³-hybridized carbons (Fsp3) is 0.0625. The number of halogens is 2. The van der Waals surface area contributed by atoms with E-state index in [1.165, 1.54) is 17.4 Å². The number of thiazole rings is 1. The van der Waals surface area contributed by atoms with Gasteiger partial charge in [-0.05, 0) is 45.8 Å². The van der Waals surface area contributed by atoms with E-state index in [2.05, 4.69) is 31.2 Å². The second kappa shape index (κ2) is 6.97. The Morgan fingerprint density at radius 1 is 1.35 bits per heavy atom. The molecule has 2 aromatic heterocycles. The molecule has 3 rings (SSSR count). The maximum absolute atomic E-state index is 13.2. The molecular weight excluding hydrogens is 381 g/mol. The number of rotatable bonds is 4. The van der Waals surface area contributed by atoms with Crippen molar-refractivity contribution in [1.82, 2.24) is 9.97 Å². The van der Waals surface area contributed by atoms with E-state index in [-0.39, 0.29) is 18.1 Å². The number of carbonyl (C=O) groups is 1. The fourth-order valence-corrected chi connectivity index (χ4v) is 3.14. The van der Waals surface area contributed by atoms with Crippen LogP contribution in [0.15, 0.2) is 52.6 Å². The molecule has 3 aromatic rings. The summed E-state index contributed by atoms with van der Waals surface area (Å²) in [6.07, 6.45) is 3.57. The Kier molecular flexibility index (Phi) is 4.78. The standard InChI is InChI=1S/C16H11BrFN3OS/c17-12-6-10(3-4-13(12)18)7-15(22)21-16-20-14(9-23-16)11-2-1-5-19-8-11/h1-6,8-9H,7H2,(H,20,21,22). The first-order valence-corrected chi connectivity index (χ1v) is 8.39. The Morgan fingerprint density at radius 2 is 2.22 bits per heavy atom. The Morgan fingerprint density at radius 3 is 2.96 bits per heavy atom. The number of pyridine rings is 1. The third kappa shape index (κ3) is 4.00. The average Bonchev–Trinajstić information content (AvgIpc) is 3.00. The van der Waals surface area contributed by atoms with Crippen LogP contribution in [0.25, 0.3) is 11.3 Å². The van der Waals surface area contributed by atoms with Crippen LogP contribution in [0.2, 0.25) is 0 Å². The maximum Gasteiger partial charge on any atom is 0.230 e. The molecular formula is C16H11BrFN3OS. The number of nitrogens with zero attached hydrogens (tertiary/aromatic N) is 2. The maximum atomic E-state index is 13.2. The van der Waals surface area contributed by atoms with Gasteiger partial charge in [-0.2, -0.15) is 0 Å². The van der Waals surface area contributed by atoms with Crippen molar-refractivity contribution in [2.24, 2.45) is 0 Å². The summed E-state index contributed by atoms with van der Waals surface area (Å²) in [4.78, 5) is 20.5. The molecule has 0 unspecified atom stereocenters. The van der Waals surface area contributed by atoms with E-state index < -0.39 is 0 Å². The molecule has 0 aliphatic carbocycles. The zero-order valence-electron chi connectivity index (χ0n) is 11.8. The molecule has 0 aliphatic heterocycles. The molecule has 0 saturated heterocycles. The minimum atomic E-state index is -0.352. The summed E-state index contributed by atoms with van der Waals surface area (Å²) in [6, 6.07) is 8.25. The van der Waals surface area contributed by atoms with E-state index in [0.717, 1.165) is 16.8 Å². The van der Waals surface area contributed by atoms with E-state index in [1.807, 2.05) is 17.5 Å². The van der Waals surface area contributed by atoms with Crippen molar-refractivity contribution in [3.8, 4) is 11.3 Å². The molecule has 0 bridgehead atoms. The summed E-state index contributed by atoms with van der Waals surface area (Å²) in [5.74, 6) is -0.550. The summed E-state index contributed by atoms with van der Waals surface area (Å²) in [5, 5.41) is 5.14. The quantitative estimate of drug-likeness (QED) is 0.721. The molecule has 4 nitrogen and oxygen atoms in total. The van der Waals surface area contributed by atoms with Crippen LogP contribution in [0.3, 0.4) is 0 Å². The Labute approximate surface area is 144 Å². The molecule has 7 heteroatoms. The highest BCUT2D eigenvalue weighted by Gasteiger charge is 2.10. The van der Waals surface area contributed by atoms with Gasteiger partial charge >= 0.3 is 0 Å². The third-order valence-corrected chi connectivity index (χ3v) is 4.42. The van der Waals surface area contributed by atoms with Crippen LogP contribution in [0, 0.1) is 5.82 Å². The predicted octanol–water partition coefficient (Wildman–Crippen LogP) is 4.29. The highest BCUT2D eigenvalue weighted by Crippen LogP contribution is 2.24. The van der Waals surface area contributed by atoms with E-state index in [4.69, 9.17) is 0 Å². The summed E-state index contributed by atoms with van der Waals surface area (Å²) in [6.45, 7) is 0. The number of benzene rings is 1. The lowest BCUT2D eigenvalue weighted by molar-refractivity contribution is -0.115. The number of hydrogen-bond acceptors (Lipinski definition) is 4. The van der Waals surface area contributed by atoms with Crippen LogP contribution in [0.4, 0.5) is 9.52 Å². The Hall–Kier alpha value is -2.12. The van der Waals surface area contributed by atoms with Gasteiger partial charge in [-0.15, -0.1) is 11.3 Å². The monoisotopic (exact) mass is 391 g/mol. The van der Waals surface area contributed by atoms with Gasteiger partial charge in [0.1, 0.15) is 5.82 Å². The highest BCUT2D eigenvalue weighted by atomic mass is 79.9. The van der Waals surface area contributed by atoms with Crippen molar-refractivity contribution < 1.29 is 9.18 Å². The smallest absolute Gasteiger partial charge is 0.230 e. The minimum Gasteiger partial charge on any atom is -0.302 e. The number of amides is 1. The number of hydrogen-bond donors (Lipinski definition) is 1. The van der Waals surface area contributed by atoms with Gasteiger partial charge < -0.3 is 5.32 Å². The molecule has 0 aliphatic rings. The summed E-state index contributed by atoms with van der Waals surface area (Å²) in [7, 11) is 0. The Balaban J connectivity index is 1.66. The highest BCUT2D eigenvalue weighted by molar-refractivity contribution is 9.10. The second-order valence-electron chi connectivity index (χ2n) is 4.75. The van der Waals surface area contributed by atoms with Crippen LogP contribution in [-0.2, 0) is 11.2 Å². The first-order valence-electron chi connectivity index (χ1n) is 6.71. The molecule has 2 heterocycles. The van der Waals surface area contributed by atoms with Crippen molar-refractivity contribution in [2.75, 3.05) is 5.32 Å². The summed E-state index contributed by atoms with van der Waals surface area (Å²) < 4.78 is 13.5. The Bertz CT molecular complexity index is 838. The molecule has 0 atom stereocenters. The zero-order valence-corrected chi connectivity index (χ0v) is 14.2. The molecule has 0 fully saturated rings. The van der Waals surface area contributed by atoms with Crippen molar-refractivity contribution >= 4 is 38.3 Å². The van der Waals surface area contributed by atoms with Gasteiger partial charge in [-0.25, -0.2) is 9.37 Å². The lowest BCUT2D eigenvalue weighted by Gasteiger charge is -2.03. The third-order valence-electron chi connectivity index (χ3n) is 3.06. The molecule has 0 saturated carbocycles. The average molecular weight is 392 g/mol. The lowest BCUT2D eigenvalue weighted by atomic mass is 10.1. The van der Waals surface area contributed by atoms with E-state index in [1.54, 1.807) is 24.5 Å². The zero-order chi connectivity index (χ0) is 16.2. The van der Waals surface area contributed by atoms with Crippen LogP contribution in [0.5, 0.6) is 0 Å². The molecule has 1 N–H and O–H groups in total. The van der Waals surface area contributed by atoms with Gasteiger partial charge in [0.05, 0.1) is 16.6 Å². The van der Waals surface area contributed by atoms with E-state index in [9.17, 15) is 9.18 Å². The van der Waals surface area contributed by atoms with Crippen LogP contribution in [0.1, 0.15) is 5.56 Å². The predicted molar refractivity (Wildman–Crippen MR) is 91.8 cm³/mol. The van der Waals surface area contributed by atoms with Gasteiger partial charge in [0.15, 0.2) is 5.13 Å². The fourth-order valence-electron chi connectivity index (χ4n) is 1.98. The molecule has 1 aromatic carbocycles. The molecule has 23 heavy (non-hydrogen) atoms. The lowest BCUT2D eigenvalue weighted by Crippen LogP contribution is -2.14. The van der Waals surface area contributed by atoms with Crippen LogP contribution in [-0.4, -0.2) is 15.9 Å². The number of anilines is 1. The van der Waals surface area contributed by atoms with Crippen molar-refractivity contribution in [2.45, 2.75) is 6.42 Å². The van der Waals surface area contributed by atoms with E-state index in [0.29, 0.717) is 9.60 Å². The molecule has 116 valence electrons. The topological polar surface area (TPSA) is 54.9 Å². The summed E-state index contributed by atoms with van der Waals surface area (Å²) in [5.41, 5.74) is 2.38. The normalized spacial score (nSPS) is 10.5. The van der Waals surface area contributed by atoms with Gasteiger partial charge in [-0.1, -0.05) is 6.07 Å². The first kappa shape index (κ1) is 15.8. The first-order chi connectivity index (χ1) is 11.1. The molecule has 1 amide bonds. The van der Waals surface area contributed by atoms with Gasteiger partial charge in [0, 0.05) is 23.3 Å². The van der Waals surface area contributed by atoms with Gasteiger partial charge in [-0.3, -0.25) is 9.78 Å². The molecule has 0 spiro atoms. The van der Waals surface area contributed by atoms with Crippen molar-refractivity contribution in [1.29, 1.82) is 0 Å². The molecule has 0 radical (unpaired) electrons. The SMILES string of the molecule is O=C(Cc1ccc(F)c(Br)c1)Nc1nc(-c2cccnc2)cs1. The van der Waals surface area contributed by atoms with Crippen molar-refractivity contribution in [3.63, 3.8) is 0 Å². The van der Waals surface area contributed by atoms with E-state index >= 15 is 0 Å². The van der Waals surface area contributed by atoms with Crippen LogP contribution >= 0.6 is 27.3 Å². The largest absolute Gasteiger partial charge is 0.302 e. The van der Waals surface area contributed by atoms with Gasteiger partial charge in [0.2, 0.25) is 5.91 Å². The number of aromatic nitrogens is 2.